The number of ether oxygens (including phenoxy) is 2. The third-order valence-electron chi connectivity index (χ3n) is 4.15. The Hall–Kier alpha value is -4.20. The highest BCUT2D eigenvalue weighted by atomic mass is 16.6. The summed E-state index contributed by atoms with van der Waals surface area (Å²) in [5, 5.41) is 13.5. The topological polar surface area (TPSA) is 104 Å². The molecule has 8 nitrogen and oxygen atoms in total. The van der Waals surface area contributed by atoms with Crippen LogP contribution in [0.1, 0.15) is 11.1 Å². The van der Waals surface area contributed by atoms with E-state index in [1.54, 1.807) is 6.08 Å². The van der Waals surface area contributed by atoms with E-state index in [1.165, 1.54) is 18.2 Å². The van der Waals surface area contributed by atoms with Crippen molar-refractivity contribution in [1.82, 2.24) is 4.98 Å². The molecule has 0 aliphatic heterocycles. The SMILES string of the molecule is O=C(/C=C/c1ccc(OCc2ccccc2)cc1)OCCNc1ccc([N+](=O)[O-])cn1. The molecule has 2 aromatic carbocycles. The van der Waals surface area contributed by atoms with Gasteiger partial charge in [0.15, 0.2) is 0 Å². The molecular formula is C23H21N3O5. The van der Waals surface area contributed by atoms with E-state index in [1.807, 2.05) is 54.6 Å². The molecule has 8 heteroatoms. The third kappa shape index (κ3) is 7.28. The van der Waals surface area contributed by atoms with E-state index in [0.29, 0.717) is 19.0 Å². The van der Waals surface area contributed by atoms with Crippen LogP contribution in [0.15, 0.2) is 79.0 Å². The van der Waals surface area contributed by atoms with E-state index in [2.05, 4.69) is 10.3 Å². The Kier molecular flexibility index (Phi) is 7.70. The van der Waals surface area contributed by atoms with Gasteiger partial charge in [0.2, 0.25) is 0 Å². The fourth-order valence-corrected chi connectivity index (χ4v) is 2.56. The normalized spacial score (nSPS) is 10.6. The Labute approximate surface area is 179 Å². The molecule has 0 fully saturated rings. The molecule has 0 atom stereocenters. The van der Waals surface area contributed by atoms with Crippen molar-refractivity contribution in [2.75, 3.05) is 18.5 Å². The predicted octanol–water partition coefficient (Wildman–Crippen LogP) is 4.24. The number of hydrogen-bond acceptors (Lipinski definition) is 7. The lowest BCUT2D eigenvalue weighted by Gasteiger charge is -2.06. The van der Waals surface area contributed by atoms with Gasteiger partial charge in [0.1, 0.15) is 31.0 Å². The minimum absolute atomic E-state index is 0.0853. The van der Waals surface area contributed by atoms with Crippen LogP contribution >= 0.6 is 0 Å². The molecule has 0 radical (unpaired) electrons. The highest BCUT2D eigenvalue weighted by molar-refractivity contribution is 5.87. The molecule has 0 aliphatic carbocycles. The quantitative estimate of drug-likeness (QED) is 0.172. The standard InChI is InChI=1S/C23H21N3O5/c27-23(30-15-14-24-22-12-9-20(16-25-22)26(28)29)13-8-18-6-10-21(11-7-18)31-17-19-4-2-1-3-5-19/h1-13,16H,14-15,17H2,(H,24,25)/b13-8+. The number of nitro groups is 1. The van der Waals surface area contributed by atoms with Gasteiger partial charge in [0.25, 0.3) is 5.69 Å². The summed E-state index contributed by atoms with van der Waals surface area (Å²) in [7, 11) is 0. The Balaban J connectivity index is 1.36. The zero-order chi connectivity index (χ0) is 21.9. The molecular weight excluding hydrogens is 398 g/mol. The highest BCUT2D eigenvalue weighted by Crippen LogP contribution is 2.15. The van der Waals surface area contributed by atoms with E-state index in [4.69, 9.17) is 9.47 Å². The van der Waals surface area contributed by atoms with Gasteiger partial charge in [-0.25, -0.2) is 9.78 Å². The zero-order valence-electron chi connectivity index (χ0n) is 16.6. The van der Waals surface area contributed by atoms with Gasteiger partial charge in [-0.2, -0.15) is 0 Å². The summed E-state index contributed by atoms with van der Waals surface area (Å²) in [6.45, 7) is 0.956. The number of rotatable bonds is 10. The summed E-state index contributed by atoms with van der Waals surface area (Å²) in [4.78, 5) is 25.8. The second-order valence-electron chi connectivity index (χ2n) is 6.43. The van der Waals surface area contributed by atoms with Gasteiger partial charge in [-0.05, 0) is 35.4 Å². The first-order chi connectivity index (χ1) is 15.1. The minimum Gasteiger partial charge on any atom is -0.489 e. The lowest BCUT2D eigenvalue weighted by molar-refractivity contribution is -0.385. The lowest BCUT2D eigenvalue weighted by atomic mass is 10.2. The second-order valence-corrected chi connectivity index (χ2v) is 6.43. The van der Waals surface area contributed by atoms with Gasteiger partial charge in [0.05, 0.1) is 11.5 Å². The van der Waals surface area contributed by atoms with Crippen molar-refractivity contribution in [2.24, 2.45) is 0 Å². The van der Waals surface area contributed by atoms with Crippen LogP contribution in [0.2, 0.25) is 0 Å². The fourth-order valence-electron chi connectivity index (χ4n) is 2.56. The van der Waals surface area contributed by atoms with Crippen molar-refractivity contribution in [2.45, 2.75) is 6.61 Å². The van der Waals surface area contributed by atoms with Crippen molar-refractivity contribution in [1.29, 1.82) is 0 Å². The third-order valence-corrected chi connectivity index (χ3v) is 4.15. The van der Waals surface area contributed by atoms with Gasteiger partial charge in [-0.15, -0.1) is 0 Å². The molecule has 0 amide bonds. The minimum atomic E-state index is -0.518. The summed E-state index contributed by atoms with van der Waals surface area (Å²) >= 11 is 0. The average molecular weight is 419 g/mol. The molecule has 3 rings (SSSR count). The number of hydrogen-bond donors (Lipinski definition) is 1. The second kappa shape index (κ2) is 11.1. The van der Waals surface area contributed by atoms with Crippen LogP contribution < -0.4 is 10.1 Å². The van der Waals surface area contributed by atoms with E-state index >= 15 is 0 Å². The largest absolute Gasteiger partial charge is 0.489 e. The van der Waals surface area contributed by atoms with Gasteiger partial charge >= 0.3 is 5.97 Å². The Morgan fingerprint density at radius 3 is 2.52 bits per heavy atom. The van der Waals surface area contributed by atoms with Crippen molar-refractivity contribution in [3.63, 3.8) is 0 Å². The molecule has 0 saturated carbocycles. The van der Waals surface area contributed by atoms with E-state index in [0.717, 1.165) is 23.1 Å². The summed E-state index contributed by atoms with van der Waals surface area (Å²) in [6, 6.07) is 20.1. The van der Waals surface area contributed by atoms with Gasteiger partial charge in [-0.3, -0.25) is 10.1 Å². The molecule has 1 N–H and O–H groups in total. The molecule has 3 aromatic rings. The number of carbonyl (C=O) groups is 1. The molecule has 0 bridgehead atoms. The van der Waals surface area contributed by atoms with E-state index in [9.17, 15) is 14.9 Å². The molecule has 0 spiro atoms. The first-order valence-electron chi connectivity index (χ1n) is 9.56. The van der Waals surface area contributed by atoms with Crippen molar-refractivity contribution >= 4 is 23.6 Å². The van der Waals surface area contributed by atoms with Crippen LogP contribution in [0.25, 0.3) is 6.08 Å². The number of anilines is 1. The Bertz CT molecular complexity index is 1020. The summed E-state index contributed by atoms with van der Waals surface area (Å²) in [5.74, 6) is 0.740. The average Bonchev–Trinajstić information content (AvgIpc) is 2.81. The van der Waals surface area contributed by atoms with Crippen molar-refractivity contribution in [3.8, 4) is 5.75 Å². The number of nitrogens with zero attached hydrogens (tertiary/aromatic N) is 2. The molecule has 1 heterocycles. The van der Waals surface area contributed by atoms with Crippen molar-refractivity contribution < 1.29 is 19.2 Å². The van der Waals surface area contributed by atoms with Crippen LogP contribution in [0.5, 0.6) is 5.75 Å². The van der Waals surface area contributed by atoms with Gasteiger partial charge in [0, 0.05) is 12.1 Å². The number of benzene rings is 2. The maximum atomic E-state index is 11.8. The van der Waals surface area contributed by atoms with Crippen LogP contribution in [-0.2, 0) is 16.1 Å². The van der Waals surface area contributed by atoms with Crippen LogP contribution in [0, 0.1) is 10.1 Å². The first kappa shape index (κ1) is 21.5. The lowest BCUT2D eigenvalue weighted by Crippen LogP contribution is -2.13. The molecule has 0 aliphatic rings. The maximum Gasteiger partial charge on any atom is 0.330 e. The van der Waals surface area contributed by atoms with E-state index < -0.39 is 10.9 Å². The maximum absolute atomic E-state index is 11.8. The van der Waals surface area contributed by atoms with E-state index in [-0.39, 0.29) is 12.3 Å². The zero-order valence-corrected chi connectivity index (χ0v) is 16.6. The summed E-state index contributed by atoms with van der Waals surface area (Å²) in [5.41, 5.74) is 1.85. The van der Waals surface area contributed by atoms with Gasteiger partial charge in [-0.1, -0.05) is 42.5 Å². The smallest absolute Gasteiger partial charge is 0.330 e. The molecule has 31 heavy (non-hydrogen) atoms. The fraction of sp³-hybridized carbons (Fsp3) is 0.130. The first-order valence-corrected chi connectivity index (χ1v) is 9.56. The number of pyridine rings is 1. The predicted molar refractivity (Wildman–Crippen MR) is 117 cm³/mol. The summed E-state index contributed by atoms with van der Waals surface area (Å²) < 4.78 is 10.8. The van der Waals surface area contributed by atoms with Crippen molar-refractivity contribution in [3.05, 3.63) is 100 Å². The molecule has 1 aromatic heterocycles. The molecule has 0 unspecified atom stereocenters. The Morgan fingerprint density at radius 2 is 1.84 bits per heavy atom. The van der Waals surface area contributed by atoms with Crippen LogP contribution in [0.4, 0.5) is 11.5 Å². The number of carbonyl (C=O) groups excluding carboxylic acids is 1. The number of aromatic nitrogens is 1. The monoisotopic (exact) mass is 419 g/mol. The van der Waals surface area contributed by atoms with Crippen LogP contribution in [0.3, 0.4) is 0 Å². The van der Waals surface area contributed by atoms with Gasteiger partial charge < -0.3 is 14.8 Å². The molecule has 158 valence electrons. The number of nitrogens with one attached hydrogen (secondary N) is 1. The highest BCUT2D eigenvalue weighted by Gasteiger charge is 2.05. The Morgan fingerprint density at radius 1 is 1.06 bits per heavy atom. The summed E-state index contributed by atoms with van der Waals surface area (Å²) in [6.07, 6.45) is 4.17. The molecule has 0 saturated heterocycles. The van der Waals surface area contributed by atoms with Crippen LogP contribution in [-0.4, -0.2) is 29.0 Å². The number of esters is 1.